The van der Waals surface area contributed by atoms with Crippen LogP contribution in [0.4, 0.5) is 11.4 Å². The fourth-order valence-electron chi connectivity index (χ4n) is 3.17. The summed E-state index contributed by atoms with van der Waals surface area (Å²) in [7, 11) is 1.91. The van der Waals surface area contributed by atoms with Crippen molar-refractivity contribution in [2.45, 2.75) is 19.4 Å². The first-order chi connectivity index (χ1) is 14.1. The smallest absolute Gasteiger partial charge is 0.162 e. The molecule has 1 aliphatic rings. The molecule has 0 amide bonds. The summed E-state index contributed by atoms with van der Waals surface area (Å²) < 4.78 is 0. The van der Waals surface area contributed by atoms with Gasteiger partial charge in [0, 0.05) is 38.5 Å². The lowest BCUT2D eigenvalue weighted by Crippen LogP contribution is -2.34. The molecule has 0 fully saturated rings. The Hall–Kier alpha value is -3.06. The van der Waals surface area contributed by atoms with E-state index in [1.54, 1.807) is 12.3 Å². The molecule has 6 nitrogen and oxygen atoms in total. The van der Waals surface area contributed by atoms with Gasteiger partial charge in [-0.1, -0.05) is 18.2 Å². The predicted molar refractivity (Wildman–Crippen MR) is 125 cm³/mol. The lowest BCUT2D eigenvalue weighted by atomic mass is 9.99. The average Bonchev–Trinajstić information content (AvgIpc) is 2.74. The van der Waals surface area contributed by atoms with Gasteiger partial charge in [-0.2, -0.15) is 0 Å². The van der Waals surface area contributed by atoms with Crippen LogP contribution >= 0.6 is 11.8 Å². The van der Waals surface area contributed by atoms with Gasteiger partial charge in [-0.15, -0.1) is 0 Å². The molecule has 1 aliphatic heterocycles. The fraction of sp³-hybridized carbons (Fsp3) is 0.227. The lowest BCUT2D eigenvalue weighted by molar-refractivity contribution is 0.399. The monoisotopic (exact) mass is 406 g/mol. The molecule has 150 valence electrons. The highest BCUT2D eigenvalue weighted by Crippen LogP contribution is 2.25. The molecule has 0 unspecified atom stereocenters. The zero-order valence-electron chi connectivity index (χ0n) is 16.5. The number of fused-ring (bicyclic) bond motifs is 1. The number of benzene rings is 2. The van der Waals surface area contributed by atoms with Crippen molar-refractivity contribution in [1.82, 2.24) is 4.90 Å². The van der Waals surface area contributed by atoms with Crippen molar-refractivity contribution in [2.24, 2.45) is 10.7 Å². The van der Waals surface area contributed by atoms with Crippen LogP contribution in [0.5, 0.6) is 0 Å². The van der Waals surface area contributed by atoms with E-state index in [-0.39, 0.29) is 0 Å². The number of nitrogens with one attached hydrogen (secondary N) is 3. The van der Waals surface area contributed by atoms with Crippen LogP contribution in [0.3, 0.4) is 0 Å². The second kappa shape index (κ2) is 9.93. The molecule has 5 N–H and O–H groups in total. The fourth-order valence-corrected chi connectivity index (χ4v) is 3.92. The van der Waals surface area contributed by atoms with Crippen molar-refractivity contribution in [3.05, 3.63) is 71.4 Å². The van der Waals surface area contributed by atoms with Gasteiger partial charge in [-0.3, -0.25) is 15.8 Å². The van der Waals surface area contributed by atoms with Crippen molar-refractivity contribution in [3.8, 4) is 0 Å². The summed E-state index contributed by atoms with van der Waals surface area (Å²) in [5.41, 5.74) is 10.8. The van der Waals surface area contributed by atoms with Crippen LogP contribution in [0.2, 0.25) is 0 Å². The first-order valence-corrected chi connectivity index (χ1v) is 10.3. The first kappa shape index (κ1) is 20.7. The van der Waals surface area contributed by atoms with E-state index in [0.29, 0.717) is 23.2 Å². The molecule has 1 heterocycles. The minimum atomic E-state index is 0.435. The van der Waals surface area contributed by atoms with Gasteiger partial charge >= 0.3 is 0 Å². The van der Waals surface area contributed by atoms with Crippen LogP contribution in [-0.4, -0.2) is 34.9 Å². The Morgan fingerprint density at radius 1 is 1.21 bits per heavy atom. The molecule has 0 radical (unpaired) electrons. The molecule has 0 bridgehead atoms. The van der Waals surface area contributed by atoms with Gasteiger partial charge in [0.2, 0.25) is 0 Å². The molecule has 0 saturated heterocycles. The number of thioether (sulfide) groups is 1. The Kier molecular flexibility index (Phi) is 7.08. The number of allylic oxidation sites excluding steroid dienone is 1. The molecule has 0 spiro atoms. The molecule has 3 rings (SSSR count). The van der Waals surface area contributed by atoms with Gasteiger partial charge in [0.25, 0.3) is 0 Å². The number of anilines is 1. The van der Waals surface area contributed by atoms with Crippen molar-refractivity contribution < 1.29 is 0 Å². The largest absolute Gasteiger partial charge is 0.405 e. The van der Waals surface area contributed by atoms with E-state index < -0.39 is 0 Å². The maximum Gasteiger partial charge on any atom is 0.162 e. The van der Waals surface area contributed by atoms with Crippen LogP contribution in [0, 0.1) is 10.8 Å². The quantitative estimate of drug-likeness (QED) is 0.442. The van der Waals surface area contributed by atoms with E-state index in [4.69, 9.17) is 16.6 Å². The van der Waals surface area contributed by atoms with E-state index >= 15 is 0 Å². The highest BCUT2D eigenvalue weighted by molar-refractivity contribution is 8.26. The normalized spacial score (nSPS) is 13.6. The van der Waals surface area contributed by atoms with Gasteiger partial charge in [-0.25, -0.2) is 0 Å². The van der Waals surface area contributed by atoms with Crippen LogP contribution in [0.1, 0.15) is 16.7 Å². The van der Waals surface area contributed by atoms with Gasteiger partial charge in [0.1, 0.15) is 0 Å². The molecule has 0 atom stereocenters. The third kappa shape index (κ3) is 5.71. The molecular weight excluding hydrogens is 380 g/mol. The second-order valence-corrected chi connectivity index (χ2v) is 7.83. The summed E-state index contributed by atoms with van der Waals surface area (Å²) in [6, 6.07) is 14.2. The molecule has 2 aromatic rings. The molecule has 0 saturated carbocycles. The van der Waals surface area contributed by atoms with Gasteiger partial charge in [0.05, 0.1) is 10.7 Å². The van der Waals surface area contributed by atoms with Crippen molar-refractivity contribution in [1.29, 1.82) is 10.8 Å². The molecule has 29 heavy (non-hydrogen) atoms. The molecule has 2 aromatic carbocycles. The summed E-state index contributed by atoms with van der Waals surface area (Å²) in [5, 5.41) is 20.8. The maximum atomic E-state index is 8.44. The Morgan fingerprint density at radius 2 is 2.00 bits per heavy atom. The topological polar surface area (TPSA) is 101 Å². The van der Waals surface area contributed by atoms with Crippen LogP contribution < -0.4 is 11.1 Å². The Balaban J connectivity index is 1.54. The number of amidine groups is 1. The number of nitrogens with zero attached hydrogens (tertiary/aromatic N) is 2. The third-order valence-electron chi connectivity index (χ3n) is 4.74. The number of hydrogen-bond donors (Lipinski definition) is 4. The molecule has 7 heteroatoms. The van der Waals surface area contributed by atoms with E-state index in [1.807, 2.05) is 36.2 Å². The summed E-state index contributed by atoms with van der Waals surface area (Å²) in [6.07, 6.45) is 6.19. The lowest BCUT2D eigenvalue weighted by Gasteiger charge is -2.30. The first-order valence-electron chi connectivity index (χ1n) is 9.47. The minimum Gasteiger partial charge on any atom is -0.405 e. The average molecular weight is 407 g/mol. The summed E-state index contributed by atoms with van der Waals surface area (Å²) in [4.78, 5) is 6.31. The highest BCUT2D eigenvalue weighted by atomic mass is 32.2. The summed E-state index contributed by atoms with van der Waals surface area (Å²) in [5.74, 6) is 0. The SMILES string of the molecule is CNc1ccc2c(c1)CN(C(=N)SC(=N)Cc1ccc(N=C/C=C\N)cc1)CC2. The minimum absolute atomic E-state index is 0.435. The Labute approximate surface area is 175 Å². The Bertz CT molecular complexity index is 933. The molecule has 0 aliphatic carbocycles. The van der Waals surface area contributed by atoms with Crippen LogP contribution in [0.15, 0.2) is 59.7 Å². The van der Waals surface area contributed by atoms with E-state index in [1.165, 1.54) is 29.1 Å². The zero-order chi connectivity index (χ0) is 20.6. The number of nitrogens with two attached hydrogens (primary N) is 1. The van der Waals surface area contributed by atoms with E-state index in [0.717, 1.165) is 29.9 Å². The van der Waals surface area contributed by atoms with E-state index in [2.05, 4.69) is 28.5 Å². The summed E-state index contributed by atoms with van der Waals surface area (Å²) in [6.45, 7) is 1.53. The van der Waals surface area contributed by atoms with Crippen LogP contribution in [0.25, 0.3) is 0 Å². The predicted octanol–water partition coefficient (Wildman–Crippen LogP) is 4.15. The standard InChI is InChI=1S/C22H26N6S/c1-26-20-8-5-17-9-12-28(15-18(17)14-20)22(25)29-21(24)13-16-3-6-19(7-4-16)27-11-2-10-23/h2-8,10-11,14,24-26H,9,12-13,15,23H2,1H3/b10-2-,24-21?,25-22?,27-11?. The number of rotatable bonds is 5. The van der Waals surface area contributed by atoms with Gasteiger partial charge in [0.15, 0.2) is 5.17 Å². The maximum absolute atomic E-state index is 8.44. The zero-order valence-corrected chi connectivity index (χ0v) is 17.3. The second-order valence-electron chi connectivity index (χ2n) is 6.74. The molecular formula is C22H26N6S. The van der Waals surface area contributed by atoms with E-state index in [9.17, 15) is 0 Å². The third-order valence-corrected chi connectivity index (χ3v) is 5.58. The Morgan fingerprint density at radius 3 is 2.72 bits per heavy atom. The van der Waals surface area contributed by atoms with Gasteiger partial charge < -0.3 is 16.0 Å². The summed E-state index contributed by atoms with van der Waals surface area (Å²) >= 11 is 1.23. The molecule has 0 aromatic heterocycles. The van der Waals surface area contributed by atoms with Crippen molar-refractivity contribution in [3.63, 3.8) is 0 Å². The number of aliphatic imine (C=N–C) groups is 1. The number of hydrogen-bond acceptors (Lipinski definition) is 6. The van der Waals surface area contributed by atoms with Crippen LogP contribution in [-0.2, 0) is 19.4 Å². The van der Waals surface area contributed by atoms with Crippen molar-refractivity contribution in [2.75, 3.05) is 18.9 Å². The van der Waals surface area contributed by atoms with Gasteiger partial charge in [-0.05, 0) is 71.4 Å². The van der Waals surface area contributed by atoms with Crippen molar-refractivity contribution >= 4 is 39.6 Å². The highest BCUT2D eigenvalue weighted by Gasteiger charge is 2.20.